The van der Waals surface area contributed by atoms with E-state index in [0.717, 1.165) is 4.90 Å². The summed E-state index contributed by atoms with van der Waals surface area (Å²) in [7, 11) is 0. The fourth-order valence-electron chi connectivity index (χ4n) is 3.01. The predicted molar refractivity (Wildman–Crippen MR) is 93.7 cm³/mol. The van der Waals surface area contributed by atoms with Crippen LogP contribution in [0.2, 0.25) is 0 Å². The first-order chi connectivity index (χ1) is 12.5. The molecule has 3 rings (SSSR count). The normalized spacial score (nSPS) is 19.4. The summed E-state index contributed by atoms with van der Waals surface area (Å²) in [6.07, 6.45) is 0.278. The van der Waals surface area contributed by atoms with E-state index in [1.165, 1.54) is 24.3 Å². The molecule has 1 saturated heterocycles. The summed E-state index contributed by atoms with van der Waals surface area (Å²) in [6.45, 7) is 1.34. The van der Waals surface area contributed by atoms with Gasteiger partial charge in [-0.1, -0.05) is 37.3 Å². The van der Waals surface area contributed by atoms with Crippen LogP contribution in [-0.4, -0.2) is 29.3 Å². The number of rotatable bonds is 5. The molecule has 0 aromatic heterocycles. The zero-order valence-electron chi connectivity index (χ0n) is 14.2. The SMILES string of the molecule is CC[C@@]1(c2ccc(F)cc2)NC(=O)N(CC(=O)Nc2ccccc2)C1=O. The minimum atomic E-state index is -1.29. The molecule has 0 spiro atoms. The van der Waals surface area contributed by atoms with Crippen LogP contribution in [0.15, 0.2) is 54.6 Å². The topological polar surface area (TPSA) is 78.5 Å². The van der Waals surface area contributed by atoms with Crippen molar-refractivity contribution in [3.8, 4) is 0 Å². The second-order valence-corrected chi connectivity index (χ2v) is 6.00. The number of hydrogen-bond acceptors (Lipinski definition) is 3. The summed E-state index contributed by atoms with van der Waals surface area (Å²) < 4.78 is 13.2. The van der Waals surface area contributed by atoms with Crippen molar-refractivity contribution in [3.63, 3.8) is 0 Å². The Morgan fingerprint density at radius 3 is 2.38 bits per heavy atom. The Kier molecular flexibility index (Phi) is 4.71. The highest BCUT2D eigenvalue weighted by molar-refractivity contribution is 6.10. The number of nitrogens with one attached hydrogen (secondary N) is 2. The van der Waals surface area contributed by atoms with E-state index in [-0.39, 0.29) is 6.42 Å². The molecule has 1 aliphatic heterocycles. The minimum absolute atomic E-state index is 0.278. The highest BCUT2D eigenvalue weighted by Crippen LogP contribution is 2.32. The number of para-hydroxylation sites is 1. The standard InChI is InChI=1S/C19H18FN3O3/c1-2-19(13-8-10-14(20)11-9-13)17(25)23(18(26)22-19)12-16(24)21-15-6-4-3-5-7-15/h3-11H,2,12H2,1H3,(H,21,24)(H,22,26)/t19-/m0/s1. The fourth-order valence-corrected chi connectivity index (χ4v) is 3.01. The second-order valence-electron chi connectivity index (χ2n) is 6.00. The molecule has 2 aromatic carbocycles. The quantitative estimate of drug-likeness (QED) is 0.810. The maximum atomic E-state index is 13.2. The molecular weight excluding hydrogens is 337 g/mol. The number of hydrogen-bond donors (Lipinski definition) is 2. The molecule has 1 atom stereocenters. The summed E-state index contributed by atoms with van der Waals surface area (Å²) in [6, 6.07) is 13.5. The van der Waals surface area contributed by atoms with Gasteiger partial charge in [0.25, 0.3) is 5.91 Å². The van der Waals surface area contributed by atoms with Crippen LogP contribution in [0.25, 0.3) is 0 Å². The van der Waals surface area contributed by atoms with Crippen LogP contribution < -0.4 is 10.6 Å². The molecule has 134 valence electrons. The van der Waals surface area contributed by atoms with Crippen LogP contribution in [-0.2, 0) is 15.1 Å². The van der Waals surface area contributed by atoms with Crippen molar-refractivity contribution in [2.45, 2.75) is 18.9 Å². The lowest BCUT2D eigenvalue weighted by atomic mass is 9.87. The van der Waals surface area contributed by atoms with E-state index < -0.39 is 35.7 Å². The molecule has 0 unspecified atom stereocenters. The van der Waals surface area contributed by atoms with E-state index in [2.05, 4.69) is 10.6 Å². The summed E-state index contributed by atoms with van der Waals surface area (Å²) in [5.74, 6) is -1.44. The molecule has 7 heteroatoms. The summed E-state index contributed by atoms with van der Waals surface area (Å²) >= 11 is 0. The van der Waals surface area contributed by atoms with Gasteiger partial charge in [0, 0.05) is 5.69 Å². The molecule has 1 aliphatic rings. The summed E-state index contributed by atoms with van der Waals surface area (Å²) in [4.78, 5) is 38.3. The maximum Gasteiger partial charge on any atom is 0.325 e. The second kappa shape index (κ2) is 6.95. The van der Waals surface area contributed by atoms with E-state index in [9.17, 15) is 18.8 Å². The molecule has 6 nitrogen and oxygen atoms in total. The van der Waals surface area contributed by atoms with Crippen LogP contribution in [0.1, 0.15) is 18.9 Å². The molecular formula is C19H18FN3O3. The molecule has 0 saturated carbocycles. The lowest BCUT2D eigenvalue weighted by Crippen LogP contribution is -2.44. The number of halogens is 1. The predicted octanol–water partition coefficient (Wildman–Crippen LogP) is 2.62. The molecule has 1 heterocycles. The smallest absolute Gasteiger partial charge is 0.325 e. The third-order valence-electron chi connectivity index (χ3n) is 4.40. The van der Waals surface area contributed by atoms with Gasteiger partial charge in [0.1, 0.15) is 17.9 Å². The number of carbonyl (C=O) groups excluding carboxylic acids is 3. The van der Waals surface area contributed by atoms with Gasteiger partial charge in [-0.15, -0.1) is 0 Å². The first kappa shape index (κ1) is 17.6. The first-order valence-electron chi connectivity index (χ1n) is 8.21. The van der Waals surface area contributed by atoms with E-state index in [0.29, 0.717) is 11.3 Å². The zero-order chi connectivity index (χ0) is 18.7. The van der Waals surface area contributed by atoms with Crippen LogP contribution >= 0.6 is 0 Å². The average Bonchev–Trinajstić information content (AvgIpc) is 2.88. The van der Waals surface area contributed by atoms with E-state index >= 15 is 0 Å². The lowest BCUT2D eigenvalue weighted by molar-refractivity contribution is -0.134. The highest BCUT2D eigenvalue weighted by atomic mass is 19.1. The molecule has 0 bridgehead atoms. The maximum absolute atomic E-state index is 13.2. The molecule has 2 N–H and O–H groups in total. The van der Waals surface area contributed by atoms with Gasteiger partial charge >= 0.3 is 6.03 Å². The van der Waals surface area contributed by atoms with Crippen LogP contribution in [0, 0.1) is 5.82 Å². The highest BCUT2D eigenvalue weighted by Gasteiger charge is 2.51. The van der Waals surface area contributed by atoms with Crippen molar-refractivity contribution in [2.75, 3.05) is 11.9 Å². The molecule has 2 aromatic rings. The molecule has 1 fully saturated rings. The minimum Gasteiger partial charge on any atom is -0.325 e. The zero-order valence-corrected chi connectivity index (χ0v) is 14.2. The van der Waals surface area contributed by atoms with Gasteiger partial charge in [-0.2, -0.15) is 0 Å². The van der Waals surface area contributed by atoms with Gasteiger partial charge in [-0.25, -0.2) is 9.18 Å². The molecule has 4 amide bonds. The largest absolute Gasteiger partial charge is 0.325 e. The summed E-state index contributed by atoms with van der Waals surface area (Å²) in [5, 5.41) is 5.30. The van der Waals surface area contributed by atoms with Crippen molar-refractivity contribution < 1.29 is 18.8 Å². The third-order valence-corrected chi connectivity index (χ3v) is 4.40. The number of carbonyl (C=O) groups is 3. The lowest BCUT2D eigenvalue weighted by Gasteiger charge is -2.25. The Bertz CT molecular complexity index is 839. The Morgan fingerprint density at radius 1 is 1.12 bits per heavy atom. The van der Waals surface area contributed by atoms with Crippen molar-refractivity contribution in [2.24, 2.45) is 0 Å². The van der Waals surface area contributed by atoms with Gasteiger partial charge in [-0.3, -0.25) is 14.5 Å². The van der Waals surface area contributed by atoms with Crippen LogP contribution in [0.4, 0.5) is 14.9 Å². The fraction of sp³-hybridized carbons (Fsp3) is 0.211. The van der Waals surface area contributed by atoms with Gasteiger partial charge < -0.3 is 10.6 Å². The Labute approximate surface area is 150 Å². The third kappa shape index (κ3) is 3.15. The van der Waals surface area contributed by atoms with Crippen molar-refractivity contribution in [1.82, 2.24) is 10.2 Å². The molecule has 0 radical (unpaired) electrons. The Balaban J connectivity index is 1.79. The van der Waals surface area contributed by atoms with Crippen molar-refractivity contribution in [3.05, 3.63) is 66.0 Å². The van der Waals surface area contributed by atoms with Gasteiger partial charge in [0.15, 0.2) is 0 Å². The first-order valence-corrected chi connectivity index (χ1v) is 8.21. The monoisotopic (exact) mass is 355 g/mol. The molecule has 0 aliphatic carbocycles. The van der Waals surface area contributed by atoms with E-state index in [4.69, 9.17) is 0 Å². The average molecular weight is 355 g/mol. The number of amides is 4. The van der Waals surface area contributed by atoms with Gasteiger partial charge in [0.05, 0.1) is 0 Å². The number of urea groups is 1. The van der Waals surface area contributed by atoms with Crippen molar-refractivity contribution >= 4 is 23.5 Å². The Hall–Kier alpha value is -3.22. The summed E-state index contributed by atoms with van der Waals surface area (Å²) in [5.41, 5.74) is -0.242. The number of nitrogens with zero attached hydrogens (tertiary/aromatic N) is 1. The van der Waals surface area contributed by atoms with Gasteiger partial charge in [-0.05, 0) is 36.2 Å². The van der Waals surface area contributed by atoms with Crippen LogP contribution in [0.5, 0.6) is 0 Å². The van der Waals surface area contributed by atoms with E-state index in [1.54, 1.807) is 31.2 Å². The molecule has 26 heavy (non-hydrogen) atoms. The van der Waals surface area contributed by atoms with Gasteiger partial charge in [0.2, 0.25) is 5.91 Å². The Morgan fingerprint density at radius 2 is 1.77 bits per heavy atom. The van der Waals surface area contributed by atoms with E-state index in [1.807, 2.05) is 6.07 Å². The number of anilines is 1. The van der Waals surface area contributed by atoms with Crippen LogP contribution in [0.3, 0.4) is 0 Å². The number of imide groups is 1. The number of benzene rings is 2. The van der Waals surface area contributed by atoms with Crippen molar-refractivity contribution in [1.29, 1.82) is 0 Å².